The van der Waals surface area contributed by atoms with E-state index < -0.39 is 0 Å². The van der Waals surface area contributed by atoms with E-state index in [9.17, 15) is 15.3 Å². The van der Waals surface area contributed by atoms with Crippen LogP contribution in [0.1, 0.15) is 52.1 Å². The average Bonchev–Trinajstić information content (AvgIpc) is 3.28. The van der Waals surface area contributed by atoms with Gasteiger partial charge in [0.2, 0.25) is 5.91 Å². The first kappa shape index (κ1) is 18.0. The number of fused-ring (bicyclic) bond motifs is 2. The summed E-state index contributed by atoms with van der Waals surface area (Å²) in [4.78, 5) is 18.3. The fourth-order valence-electron chi connectivity index (χ4n) is 3.71. The summed E-state index contributed by atoms with van der Waals surface area (Å²) in [5.41, 5.74) is 4.49. The van der Waals surface area contributed by atoms with Crippen molar-refractivity contribution < 1.29 is 4.79 Å². The van der Waals surface area contributed by atoms with Gasteiger partial charge in [-0.25, -0.2) is 4.98 Å². The number of thiophene rings is 1. The van der Waals surface area contributed by atoms with Crippen LogP contribution in [0.15, 0.2) is 11.1 Å². The van der Waals surface area contributed by atoms with E-state index >= 15 is 0 Å². The molecule has 2 aromatic heterocycles. The van der Waals surface area contributed by atoms with Gasteiger partial charge in [-0.05, 0) is 62.1 Å². The molecule has 0 fully saturated rings. The number of hydrogen-bond donors (Lipinski definition) is 1. The van der Waals surface area contributed by atoms with Gasteiger partial charge in [0.15, 0.2) is 0 Å². The van der Waals surface area contributed by atoms with Crippen molar-refractivity contribution in [2.24, 2.45) is 0 Å². The normalized spacial score (nSPS) is 14.7. The van der Waals surface area contributed by atoms with Crippen molar-refractivity contribution in [1.82, 2.24) is 4.98 Å². The summed E-state index contributed by atoms with van der Waals surface area (Å²) in [7, 11) is 0. The molecule has 1 N–H and O–H groups in total. The number of carbonyl (C=O) groups excluding carboxylic acids is 1. The highest BCUT2D eigenvalue weighted by atomic mass is 32.2. The van der Waals surface area contributed by atoms with Gasteiger partial charge in [0.25, 0.3) is 0 Å². The lowest BCUT2D eigenvalue weighted by molar-refractivity contribution is -0.113. The van der Waals surface area contributed by atoms with Crippen LogP contribution in [0.25, 0.3) is 0 Å². The Morgan fingerprint density at radius 1 is 1.19 bits per heavy atom. The molecule has 5 nitrogen and oxygen atoms in total. The first-order valence-electron chi connectivity index (χ1n) is 9.09. The number of pyridine rings is 1. The van der Waals surface area contributed by atoms with E-state index in [2.05, 4.69) is 22.4 Å². The number of nitrogens with one attached hydrogen (secondary N) is 1. The van der Waals surface area contributed by atoms with Crippen LogP contribution < -0.4 is 5.32 Å². The topological polar surface area (TPSA) is 89.6 Å². The quantitative estimate of drug-likeness (QED) is 0.792. The number of hydrogen-bond acceptors (Lipinski definition) is 6. The largest absolute Gasteiger partial charge is 0.316 e. The van der Waals surface area contributed by atoms with Crippen LogP contribution in [0.5, 0.6) is 0 Å². The molecular weight excluding hydrogens is 376 g/mol. The molecule has 4 rings (SSSR count). The van der Waals surface area contributed by atoms with Crippen molar-refractivity contribution in [1.29, 1.82) is 10.5 Å². The van der Waals surface area contributed by atoms with E-state index in [-0.39, 0.29) is 11.7 Å². The van der Waals surface area contributed by atoms with Crippen molar-refractivity contribution in [3.63, 3.8) is 0 Å². The number of rotatable bonds is 4. The predicted molar refractivity (Wildman–Crippen MR) is 106 cm³/mol. The molecule has 27 heavy (non-hydrogen) atoms. The van der Waals surface area contributed by atoms with E-state index in [4.69, 9.17) is 0 Å². The Balaban J connectivity index is 1.46. The van der Waals surface area contributed by atoms with Crippen LogP contribution in [-0.2, 0) is 30.5 Å². The van der Waals surface area contributed by atoms with Gasteiger partial charge in [-0.2, -0.15) is 10.5 Å². The van der Waals surface area contributed by atoms with Gasteiger partial charge >= 0.3 is 0 Å². The molecule has 0 atom stereocenters. The molecule has 2 aliphatic rings. The second kappa shape index (κ2) is 7.72. The van der Waals surface area contributed by atoms with Crippen LogP contribution in [0, 0.1) is 22.7 Å². The predicted octanol–water partition coefficient (Wildman–Crippen LogP) is 3.98. The third-order valence-corrected chi connectivity index (χ3v) is 7.21. The molecule has 0 aliphatic heterocycles. The highest BCUT2D eigenvalue weighted by Gasteiger charge is 2.22. The zero-order valence-electron chi connectivity index (χ0n) is 14.8. The molecule has 0 spiro atoms. The molecule has 2 aromatic rings. The van der Waals surface area contributed by atoms with E-state index in [1.807, 2.05) is 6.07 Å². The van der Waals surface area contributed by atoms with Gasteiger partial charge in [-0.1, -0.05) is 11.8 Å². The minimum atomic E-state index is -0.165. The number of amides is 1. The molecule has 7 heteroatoms. The Kier molecular flexibility index (Phi) is 5.15. The van der Waals surface area contributed by atoms with Crippen LogP contribution in [-0.4, -0.2) is 16.6 Å². The van der Waals surface area contributed by atoms with Gasteiger partial charge in [0.05, 0.1) is 16.9 Å². The summed E-state index contributed by atoms with van der Waals surface area (Å²) < 4.78 is 0. The number of aryl methyl sites for hydroxylation is 3. The molecule has 0 aromatic carbocycles. The lowest BCUT2D eigenvalue weighted by Gasteiger charge is -2.09. The molecule has 0 bridgehead atoms. The smallest absolute Gasteiger partial charge is 0.235 e. The summed E-state index contributed by atoms with van der Waals surface area (Å²) in [5, 5.41) is 23.1. The highest BCUT2D eigenvalue weighted by Crippen LogP contribution is 2.37. The van der Waals surface area contributed by atoms with Crippen LogP contribution >= 0.6 is 23.1 Å². The summed E-state index contributed by atoms with van der Waals surface area (Å²) in [5.74, 6) is 0.00903. The maximum Gasteiger partial charge on any atom is 0.235 e. The molecular formula is C20H18N4OS2. The molecule has 0 unspecified atom stereocenters. The number of nitriles is 2. The minimum absolute atomic E-state index is 0.165. The van der Waals surface area contributed by atoms with Crippen molar-refractivity contribution in [3.05, 3.63) is 38.9 Å². The first-order chi connectivity index (χ1) is 13.2. The summed E-state index contributed by atoms with van der Waals surface area (Å²) >= 11 is 2.82. The van der Waals surface area contributed by atoms with Crippen LogP contribution in [0.4, 0.5) is 5.00 Å². The lowest BCUT2D eigenvalue weighted by atomic mass is 9.96. The molecule has 0 saturated carbocycles. The van der Waals surface area contributed by atoms with Crippen molar-refractivity contribution in [2.45, 2.75) is 50.0 Å². The van der Waals surface area contributed by atoms with Crippen molar-refractivity contribution >= 4 is 34.0 Å². The second-order valence-electron chi connectivity index (χ2n) is 6.78. The number of carbonyl (C=O) groups is 1. The molecule has 136 valence electrons. The Morgan fingerprint density at radius 2 is 2.04 bits per heavy atom. The number of nitrogens with zero attached hydrogens (tertiary/aromatic N) is 3. The van der Waals surface area contributed by atoms with Crippen molar-refractivity contribution in [2.75, 3.05) is 11.1 Å². The van der Waals surface area contributed by atoms with E-state index in [0.717, 1.165) is 61.8 Å². The monoisotopic (exact) mass is 394 g/mol. The second-order valence-corrected chi connectivity index (χ2v) is 8.85. The fourth-order valence-corrected chi connectivity index (χ4v) is 5.74. The fraction of sp³-hybridized carbons (Fsp3) is 0.400. The van der Waals surface area contributed by atoms with Gasteiger partial charge in [0, 0.05) is 10.6 Å². The molecule has 0 saturated heterocycles. The number of thioether (sulfide) groups is 1. The summed E-state index contributed by atoms with van der Waals surface area (Å²) in [6.45, 7) is 0. The summed E-state index contributed by atoms with van der Waals surface area (Å²) in [6, 6.07) is 6.37. The molecule has 2 aliphatic carbocycles. The van der Waals surface area contributed by atoms with E-state index in [1.165, 1.54) is 28.0 Å². The third-order valence-electron chi connectivity index (χ3n) is 5.01. The van der Waals surface area contributed by atoms with E-state index in [1.54, 1.807) is 0 Å². The Morgan fingerprint density at radius 3 is 2.85 bits per heavy atom. The summed E-state index contributed by atoms with van der Waals surface area (Å²) in [6.07, 6.45) is 7.14. The Bertz CT molecular complexity index is 997. The van der Waals surface area contributed by atoms with Crippen LogP contribution in [0.3, 0.4) is 0 Å². The van der Waals surface area contributed by atoms with Crippen molar-refractivity contribution in [3.8, 4) is 12.1 Å². The molecule has 1 amide bonds. The third kappa shape index (κ3) is 3.58. The van der Waals surface area contributed by atoms with Gasteiger partial charge in [-0.3, -0.25) is 4.79 Å². The number of aromatic nitrogens is 1. The maximum absolute atomic E-state index is 12.5. The van der Waals surface area contributed by atoms with Gasteiger partial charge in [-0.15, -0.1) is 11.3 Å². The Hall–Kier alpha value is -2.35. The van der Waals surface area contributed by atoms with E-state index in [0.29, 0.717) is 21.2 Å². The standard InChI is InChI=1S/C20H18N4OS2/c21-9-13-8-12-4-3-6-16(12)23-19(13)26-11-18(25)24-20-15(10-22)14-5-1-2-7-17(14)27-20/h8H,1-7,11H2,(H,24,25). The average molecular weight is 395 g/mol. The lowest BCUT2D eigenvalue weighted by Crippen LogP contribution is -2.14. The van der Waals surface area contributed by atoms with Gasteiger partial charge < -0.3 is 5.32 Å². The first-order valence-corrected chi connectivity index (χ1v) is 10.9. The zero-order valence-corrected chi connectivity index (χ0v) is 16.4. The van der Waals surface area contributed by atoms with Gasteiger partial charge in [0.1, 0.15) is 22.2 Å². The molecule has 2 heterocycles. The molecule has 0 radical (unpaired) electrons. The SMILES string of the molecule is N#Cc1cc2c(nc1SCC(=O)Nc1sc3c(c1C#N)CCCC3)CCC2. The number of anilines is 1. The van der Waals surface area contributed by atoms with Crippen LogP contribution in [0.2, 0.25) is 0 Å². The maximum atomic E-state index is 12.5. The Labute approximate surface area is 166 Å². The highest BCUT2D eigenvalue weighted by molar-refractivity contribution is 8.00. The minimum Gasteiger partial charge on any atom is -0.316 e. The zero-order chi connectivity index (χ0) is 18.8.